The largest absolute Gasteiger partial charge is 0.408 e. The fraction of sp³-hybridized carbons (Fsp3) is 0.188. The van der Waals surface area contributed by atoms with E-state index in [9.17, 15) is 18.0 Å². The SMILES string of the molecule is O=C(N[C@H](Cc1ccccc1)C(F)(F)F)c1ccccc1. The minimum Gasteiger partial charge on any atom is -0.340 e. The number of halogens is 3. The lowest BCUT2D eigenvalue weighted by molar-refractivity contribution is -0.153. The second-order valence-corrected chi connectivity index (χ2v) is 4.62. The Labute approximate surface area is 120 Å². The lowest BCUT2D eigenvalue weighted by Crippen LogP contribution is -2.46. The first-order valence-corrected chi connectivity index (χ1v) is 6.43. The van der Waals surface area contributed by atoms with Crippen molar-refractivity contribution in [3.05, 3.63) is 71.8 Å². The minimum atomic E-state index is -4.50. The predicted molar refractivity (Wildman–Crippen MR) is 73.9 cm³/mol. The second-order valence-electron chi connectivity index (χ2n) is 4.62. The summed E-state index contributed by atoms with van der Waals surface area (Å²) in [4.78, 5) is 11.9. The Morgan fingerprint density at radius 3 is 2.00 bits per heavy atom. The van der Waals surface area contributed by atoms with Crippen molar-refractivity contribution in [1.82, 2.24) is 5.32 Å². The molecule has 2 rings (SSSR count). The average Bonchev–Trinajstić information content (AvgIpc) is 2.47. The highest BCUT2D eigenvalue weighted by atomic mass is 19.4. The molecule has 1 atom stereocenters. The lowest BCUT2D eigenvalue weighted by Gasteiger charge is -2.21. The Bertz CT molecular complexity index is 581. The van der Waals surface area contributed by atoms with E-state index in [2.05, 4.69) is 5.32 Å². The number of rotatable bonds is 4. The van der Waals surface area contributed by atoms with Crippen LogP contribution >= 0.6 is 0 Å². The zero-order valence-electron chi connectivity index (χ0n) is 11.1. The van der Waals surface area contributed by atoms with Crippen LogP contribution in [0.1, 0.15) is 15.9 Å². The van der Waals surface area contributed by atoms with Gasteiger partial charge in [0.1, 0.15) is 6.04 Å². The van der Waals surface area contributed by atoms with Crippen molar-refractivity contribution < 1.29 is 18.0 Å². The van der Waals surface area contributed by atoms with Crippen LogP contribution in [0.4, 0.5) is 13.2 Å². The number of hydrogen-bond donors (Lipinski definition) is 1. The van der Waals surface area contributed by atoms with Crippen LogP contribution in [0.3, 0.4) is 0 Å². The molecule has 0 aliphatic heterocycles. The monoisotopic (exact) mass is 293 g/mol. The molecule has 0 heterocycles. The molecule has 0 saturated heterocycles. The average molecular weight is 293 g/mol. The predicted octanol–water partition coefficient (Wildman–Crippen LogP) is 3.59. The third-order valence-corrected chi connectivity index (χ3v) is 3.02. The first-order chi connectivity index (χ1) is 9.97. The number of benzene rings is 2. The van der Waals surface area contributed by atoms with Gasteiger partial charge >= 0.3 is 6.18 Å². The van der Waals surface area contributed by atoms with Gasteiger partial charge in [0.05, 0.1) is 0 Å². The van der Waals surface area contributed by atoms with Crippen LogP contribution in [-0.2, 0) is 6.42 Å². The van der Waals surface area contributed by atoms with Crippen molar-refractivity contribution in [2.24, 2.45) is 0 Å². The molecular weight excluding hydrogens is 279 g/mol. The first kappa shape index (κ1) is 15.1. The maximum Gasteiger partial charge on any atom is 0.408 e. The van der Waals surface area contributed by atoms with Crippen LogP contribution < -0.4 is 5.32 Å². The zero-order chi connectivity index (χ0) is 15.3. The number of carbonyl (C=O) groups is 1. The molecule has 1 N–H and O–H groups in total. The van der Waals surface area contributed by atoms with Crippen molar-refractivity contribution in [1.29, 1.82) is 0 Å². The maximum absolute atomic E-state index is 13.1. The van der Waals surface area contributed by atoms with Gasteiger partial charge in [0.25, 0.3) is 5.91 Å². The van der Waals surface area contributed by atoms with Crippen LogP contribution in [0, 0.1) is 0 Å². The van der Waals surface area contributed by atoms with E-state index in [0.717, 1.165) is 0 Å². The number of alkyl halides is 3. The summed E-state index contributed by atoms with van der Waals surface area (Å²) in [5.41, 5.74) is 0.730. The summed E-state index contributed by atoms with van der Waals surface area (Å²) in [6.45, 7) is 0. The van der Waals surface area contributed by atoms with Gasteiger partial charge in [0.2, 0.25) is 0 Å². The standard InChI is InChI=1S/C16H14F3NO/c17-16(18,19)14(11-12-7-3-1-4-8-12)20-15(21)13-9-5-2-6-10-13/h1-10,14H,11H2,(H,20,21)/t14-/m1/s1. The number of hydrogen-bond acceptors (Lipinski definition) is 1. The van der Waals surface area contributed by atoms with E-state index in [0.29, 0.717) is 5.56 Å². The number of carbonyl (C=O) groups excluding carboxylic acids is 1. The van der Waals surface area contributed by atoms with Gasteiger partial charge in [-0.25, -0.2) is 0 Å². The van der Waals surface area contributed by atoms with Crippen LogP contribution in [0.25, 0.3) is 0 Å². The summed E-state index contributed by atoms with van der Waals surface area (Å²) in [7, 11) is 0. The van der Waals surface area contributed by atoms with E-state index in [1.54, 1.807) is 48.5 Å². The van der Waals surface area contributed by atoms with E-state index in [4.69, 9.17) is 0 Å². The van der Waals surface area contributed by atoms with Gasteiger partial charge in [-0.2, -0.15) is 13.2 Å². The van der Waals surface area contributed by atoms with Crippen LogP contribution in [0.5, 0.6) is 0 Å². The molecule has 5 heteroatoms. The topological polar surface area (TPSA) is 29.1 Å². The van der Waals surface area contributed by atoms with Gasteiger partial charge in [-0.3, -0.25) is 4.79 Å². The van der Waals surface area contributed by atoms with Crippen molar-refractivity contribution in [2.45, 2.75) is 18.6 Å². The summed E-state index contributed by atoms with van der Waals surface area (Å²) in [6.07, 6.45) is -4.79. The van der Waals surface area contributed by atoms with E-state index < -0.39 is 18.1 Å². The van der Waals surface area contributed by atoms with Gasteiger partial charge in [-0.1, -0.05) is 48.5 Å². The lowest BCUT2D eigenvalue weighted by atomic mass is 10.0. The molecule has 21 heavy (non-hydrogen) atoms. The Morgan fingerprint density at radius 2 is 1.48 bits per heavy atom. The molecule has 0 spiro atoms. The quantitative estimate of drug-likeness (QED) is 0.917. The highest BCUT2D eigenvalue weighted by Crippen LogP contribution is 2.23. The summed E-state index contributed by atoms with van der Waals surface area (Å²) >= 11 is 0. The van der Waals surface area contributed by atoms with E-state index >= 15 is 0 Å². The van der Waals surface area contributed by atoms with Crippen molar-refractivity contribution in [3.63, 3.8) is 0 Å². The third kappa shape index (κ3) is 4.34. The summed E-state index contributed by atoms with van der Waals surface area (Å²) in [6, 6.07) is 14.2. The fourth-order valence-corrected chi connectivity index (χ4v) is 1.93. The highest BCUT2D eigenvalue weighted by Gasteiger charge is 2.40. The summed E-state index contributed by atoms with van der Waals surface area (Å²) < 4.78 is 39.2. The highest BCUT2D eigenvalue weighted by molar-refractivity contribution is 5.94. The Kier molecular flexibility index (Phi) is 4.62. The molecule has 2 aromatic rings. The van der Waals surface area contributed by atoms with E-state index in [1.807, 2.05) is 0 Å². The molecule has 0 aromatic heterocycles. The molecule has 2 nitrogen and oxygen atoms in total. The molecule has 0 radical (unpaired) electrons. The Hall–Kier alpha value is -2.30. The second kappa shape index (κ2) is 6.43. The van der Waals surface area contributed by atoms with Crippen LogP contribution in [0.2, 0.25) is 0 Å². The maximum atomic E-state index is 13.1. The van der Waals surface area contributed by atoms with E-state index in [1.165, 1.54) is 12.1 Å². The van der Waals surface area contributed by atoms with Crippen molar-refractivity contribution >= 4 is 5.91 Å². The Morgan fingerprint density at radius 1 is 0.952 bits per heavy atom. The van der Waals surface area contributed by atoms with Crippen LogP contribution in [-0.4, -0.2) is 18.1 Å². The van der Waals surface area contributed by atoms with E-state index in [-0.39, 0.29) is 12.0 Å². The molecular formula is C16H14F3NO. The summed E-state index contributed by atoms with van der Waals surface area (Å²) in [5.74, 6) is -0.728. The molecule has 0 aliphatic rings. The van der Waals surface area contributed by atoms with Gasteiger partial charge < -0.3 is 5.32 Å². The fourth-order valence-electron chi connectivity index (χ4n) is 1.93. The molecule has 0 unspecified atom stereocenters. The summed E-state index contributed by atoms with van der Waals surface area (Å²) in [5, 5.41) is 2.06. The van der Waals surface area contributed by atoms with Crippen molar-refractivity contribution in [2.75, 3.05) is 0 Å². The van der Waals surface area contributed by atoms with Gasteiger partial charge in [0.15, 0.2) is 0 Å². The Balaban J connectivity index is 2.12. The molecule has 0 aliphatic carbocycles. The van der Waals surface area contributed by atoms with Crippen molar-refractivity contribution in [3.8, 4) is 0 Å². The van der Waals surface area contributed by atoms with Gasteiger partial charge in [0, 0.05) is 12.0 Å². The smallest absolute Gasteiger partial charge is 0.340 e. The molecule has 0 bridgehead atoms. The van der Waals surface area contributed by atoms with Gasteiger partial charge in [-0.05, 0) is 17.7 Å². The molecule has 2 aromatic carbocycles. The molecule has 0 saturated carbocycles. The minimum absolute atomic E-state index is 0.208. The normalized spacial score (nSPS) is 12.7. The van der Waals surface area contributed by atoms with Gasteiger partial charge in [-0.15, -0.1) is 0 Å². The number of amides is 1. The third-order valence-electron chi connectivity index (χ3n) is 3.02. The molecule has 110 valence electrons. The molecule has 0 fully saturated rings. The first-order valence-electron chi connectivity index (χ1n) is 6.43. The van der Waals surface area contributed by atoms with Crippen LogP contribution in [0.15, 0.2) is 60.7 Å². The number of nitrogens with one attached hydrogen (secondary N) is 1. The zero-order valence-corrected chi connectivity index (χ0v) is 11.1. The molecule has 1 amide bonds.